The molecule has 124 valence electrons. The Kier molecular flexibility index (Phi) is 5.51. The molecule has 0 aliphatic rings. The molecule has 0 aromatic heterocycles. The lowest BCUT2D eigenvalue weighted by molar-refractivity contribution is 0.414. The first kappa shape index (κ1) is 17.6. The van der Waals surface area contributed by atoms with E-state index >= 15 is 0 Å². The fourth-order valence-corrected chi connectivity index (χ4v) is 3.66. The van der Waals surface area contributed by atoms with Crippen molar-refractivity contribution in [1.82, 2.24) is 4.72 Å². The van der Waals surface area contributed by atoms with Gasteiger partial charge in [-0.25, -0.2) is 13.1 Å². The molecule has 5 nitrogen and oxygen atoms in total. The Bertz CT molecular complexity index is 775. The van der Waals surface area contributed by atoms with Crippen LogP contribution in [0.15, 0.2) is 47.4 Å². The second kappa shape index (κ2) is 7.21. The van der Waals surface area contributed by atoms with E-state index in [-0.39, 0.29) is 9.92 Å². The summed E-state index contributed by atoms with van der Waals surface area (Å²) in [5, 5.41) is 0.243. The molecule has 0 aliphatic carbocycles. The lowest BCUT2D eigenvalue weighted by Crippen LogP contribution is -2.26. The van der Waals surface area contributed by atoms with Crippen molar-refractivity contribution in [3.8, 4) is 11.5 Å². The average Bonchev–Trinajstić information content (AvgIpc) is 2.54. The molecule has 0 bridgehead atoms. The zero-order valence-electron chi connectivity index (χ0n) is 13.0. The number of rotatable bonds is 6. The van der Waals surface area contributed by atoms with Gasteiger partial charge in [-0.15, -0.1) is 0 Å². The van der Waals surface area contributed by atoms with Gasteiger partial charge in [-0.3, -0.25) is 0 Å². The van der Waals surface area contributed by atoms with Crippen molar-refractivity contribution in [3.05, 3.63) is 53.1 Å². The number of ether oxygens (including phenoxy) is 2. The largest absolute Gasteiger partial charge is 0.497 e. The third-order valence-corrected chi connectivity index (χ3v) is 5.22. The predicted molar refractivity (Wildman–Crippen MR) is 89.7 cm³/mol. The Morgan fingerprint density at radius 1 is 1.04 bits per heavy atom. The highest BCUT2D eigenvalue weighted by Crippen LogP contribution is 2.27. The van der Waals surface area contributed by atoms with E-state index in [1.54, 1.807) is 26.2 Å². The molecule has 0 aliphatic heterocycles. The van der Waals surface area contributed by atoms with Crippen molar-refractivity contribution in [2.24, 2.45) is 0 Å². The maximum atomic E-state index is 12.5. The Balaban J connectivity index is 2.21. The van der Waals surface area contributed by atoms with Gasteiger partial charge in [-0.1, -0.05) is 23.7 Å². The van der Waals surface area contributed by atoms with Gasteiger partial charge < -0.3 is 9.47 Å². The predicted octanol–water partition coefficient (Wildman–Crippen LogP) is 3.40. The number of sulfonamides is 1. The van der Waals surface area contributed by atoms with Gasteiger partial charge in [0.1, 0.15) is 11.5 Å². The minimum atomic E-state index is -3.69. The van der Waals surface area contributed by atoms with Crippen molar-refractivity contribution in [3.63, 3.8) is 0 Å². The van der Waals surface area contributed by atoms with Gasteiger partial charge in [0.05, 0.1) is 24.1 Å². The van der Waals surface area contributed by atoms with Crippen LogP contribution in [0.4, 0.5) is 0 Å². The fourth-order valence-electron chi connectivity index (χ4n) is 2.08. The average molecular weight is 356 g/mol. The molecule has 7 heteroatoms. The second-order valence-corrected chi connectivity index (χ2v) is 7.03. The molecule has 23 heavy (non-hydrogen) atoms. The first-order valence-electron chi connectivity index (χ1n) is 6.87. The lowest BCUT2D eigenvalue weighted by atomic mass is 10.1. The van der Waals surface area contributed by atoms with Gasteiger partial charge in [0.15, 0.2) is 0 Å². The number of hydrogen-bond donors (Lipinski definition) is 1. The minimum Gasteiger partial charge on any atom is -0.497 e. The zero-order valence-corrected chi connectivity index (χ0v) is 14.6. The number of halogens is 1. The van der Waals surface area contributed by atoms with Crippen molar-refractivity contribution in [1.29, 1.82) is 0 Å². The topological polar surface area (TPSA) is 64.6 Å². The fraction of sp³-hybridized carbons (Fsp3) is 0.250. The quantitative estimate of drug-likeness (QED) is 0.862. The van der Waals surface area contributed by atoms with Crippen molar-refractivity contribution >= 4 is 21.6 Å². The highest BCUT2D eigenvalue weighted by molar-refractivity contribution is 7.89. The van der Waals surface area contributed by atoms with Crippen LogP contribution >= 0.6 is 11.6 Å². The van der Waals surface area contributed by atoms with E-state index in [0.29, 0.717) is 11.5 Å². The van der Waals surface area contributed by atoms with Crippen molar-refractivity contribution in [2.45, 2.75) is 17.9 Å². The van der Waals surface area contributed by atoms with Crippen molar-refractivity contribution in [2.75, 3.05) is 14.2 Å². The van der Waals surface area contributed by atoms with Gasteiger partial charge in [0.25, 0.3) is 0 Å². The van der Waals surface area contributed by atoms with Crippen molar-refractivity contribution < 1.29 is 17.9 Å². The zero-order chi connectivity index (χ0) is 17.0. The highest BCUT2D eigenvalue weighted by Gasteiger charge is 2.19. The van der Waals surface area contributed by atoms with Gasteiger partial charge >= 0.3 is 0 Å². The van der Waals surface area contributed by atoms with Gasteiger partial charge in [-0.2, -0.15) is 0 Å². The van der Waals surface area contributed by atoms with E-state index in [9.17, 15) is 8.42 Å². The molecule has 0 saturated heterocycles. The Labute approximate surface area is 141 Å². The molecule has 0 radical (unpaired) electrons. The van der Waals surface area contributed by atoms with Crippen LogP contribution in [-0.2, 0) is 10.0 Å². The Hall–Kier alpha value is -1.76. The number of hydrogen-bond acceptors (Lipinski definition) is 4. The smallest absolute Gasteiger partial charge is 0.241 e. The normalized spacial score (nSPS) is 12.7. The Morgan fingerprint density at radius 3 is 2.22 bits per heavy atom. The number of methoxy groups -OCH3 is 2. The number of nitrogens with one attached hydrogen (secondary N) is 1. The molecule has 0 saturated carbocycles. The maximum absolute atomic E-state index is 12.5. The van der Waals surface area contributed by atoms with Gasteiger partial charge in [0.2, 0.25) is 10.0 Å². The van der Waals surface area contributed by atoms with Crippen LogP contribution in [0.5, 0.6) is 11.5 Å². The molecule has 2 rings (SSSR count). The van der Waals surface area contributed by atoms with E-state index in [1.807, 2.05) is 12.1 Å². The summed E-state index contributed by atoms with van der Waals surface area (Å²) in [4.78, 5) is 0.0867. The molecule has 0 fully saturated rings. The van der Waals surface area contributed by atoms with Crippen LogP contribution in [0.3, 0.4) is 0 Å². The maximum Gasteiger partial charge on any atom is 0.241 e. The number of benzene rings is 2. The summed E-state index contributed by atoms with van der Waals surface area (Å²) in [6.07, 6.45) is 0. The summed E-state index contributed by atoms with van der Waals surface area (Å²) in [6, 6.07) is 11.1. The third-order valence-electron chi connectivity index (χ3n) is 3.38. The molecule has 1 atom stereocenters. The van der Waals surface area contributed by atoms with E-state index < -0.39 is 16.1 Å². The molecule has 2 aromatic carbocycles. The van der Waals surface area contributed by atoms with E-state index in [2.05, 4.69) is 4.72 Å². The van der Waals surface area contributed by atoms with Gasteiger partial charge in [0, 0.05) is 6.04 Å². The molecule has 1 N–H and O–H groups in total. The highest BCUT2D eigenvalue weighted by atomic mass is 35.5. The molecular formula is C16H18ClNO4S. The summed E-state index contributed by atoms with van der Waals surface area (Å²) in [5.74, 6) is 1.14. The van der Waals surface area contributed by atoms with Crippen LogP contribution in [-0.4, -0.2) is 22.6 Å². The molecule has 0 amide bonds. The summed E-state index contributed by atoms with van der Waals surface area (Å²) in [7, 11) is -0.643. The third kappa shape index (κ3) is 4.16. The molecule has 0 heterocycles. The molecule has 0 spiro atoms. The van der Waals surface area contributed by atoms with Crippen LogP contribution in [0.2, 0.25) is 5.02 Å². The summed E-state index contributed by atoms with van der Waals surface area (Å²) in [6.45, 7) is 1.77. The first-order chi connectivity index (χ1) is 10.9. The SMILES string of the molecule is COc1ccc([C@@H](C)NS(=O)(=O)c2ccc(OC)c(Cl)c2)cc1. The summed E-state index contributed by atoms with van der Waals surface area (Å²) in [5.41, 5.74) is 0.828. The summed E-state index contributed by atoms with van der Waals surface area (Å²) < 4.78 is 37.6. The molecule has 0 unspecified atom stereocenters. The van der Waals surface area contributed by atoms with E-state index in [1.165, 1.54) is 25.3 Å². The van der Waals surface area contributed by atoms with E-state index in [4.69, 9.17) is 21.1 Å². The van der Waals surface area contributed by atoms with Gasteiger partial charge in [-0.05, 0) is 42.8 Å². The Morgan fingerprint density at radius 2 is 1.70 bits per heavy atom. The second-order valence-electron chi connectivity index (χ2n) is 4.91. The summed E-state index contributed by atoms with van der Waals surface area (Å²) >= 11 is 5.99. The minimum absolute atomic E-state index is 0.0867. The standard InChI is InChI=1S/C16H18ClNO4S/c1-11(12-4-6-13(21-2)7-5-12)18-23(19,20)14-8-9-16(22-3)15(17)10-14/h4-11,18H,1-3H3/t11-/m1/s1. The monoisotopic (exact) mass is 355 g/mol. The molecular weight excluding hydrogens is 338 g/mol. The van der Waals surface area contributed by atoms with Crippen LogP contribution in [0.25, 0.3) is 0 Å². The van der Waals surface area contributed by atoms with Crippen LogP contribution < -0.4 is 14.2 Å². The van der Waals surface area contributed by atoms with E-state index in [0.717, 1.165) is 5.56 Å². The lowest BCUT2D eigenvalue weighted by Gasteiger charge is -2.15. The first-order valence-corrected chi connectivity index (χ1v) is 8.73. The van der Waals surface area contributed by atoms with Crippen LogP contribution in [0.1, 0.15) is 18.5 Å². The molecule has 2 aromatic rings. The van der Waals surface area contributed by atoms with Crippen LogP contribution in [0, 0.1) is 0 Å².